The summed E-state index contributed by atoms with van der Waals surface area (Å²) < 4.78 is 0. The van der Waals surface area contributed by atoms with Crippen molar-refractivity contribution in [2.24, 2.45) is 5.73 Å². The Hall–Kier alpha value is -0.940. The Morgan fingerprint density at radius 3 is 2.81 bits per heavy atom. The van der Waals surface area contributed by atoms with Crippen molar-refractivity contribution in [1.29, 1.82) is 0 Å². The first-order chi connectivity index (χ1) is 7.67. The van der Waals surface area contributed by atoms with Crippen LogP contribution in [0.5, 0.6) is 0 Å². The maximum atomic E-state index is 11.5. The molecule has 0 fully saturated rings. The van der Waals surface area contributed by atoms with Crippen LogP contribution in [0.1, 0.15) is 36.8 Å². The van der Waals surface area contributed by atoms with Crippen LogP contribution >= 0.6 is 11.3 Å². The molecule has 0 aliphatic heterocycles. The van der Waals surface area contributed by atoms with E-state index in [2.05, 4.69) is 17.2 Å². The third kappa shape index (κ3) is 3.90. The largest absolute Gasteiger partial charge is 0.330 e. The van der Waals surface area contributed by atoms with E-state index >= 15 is 0 Å². The lowest BCUT2D eigenvalue weighted by Crippen LogP contribution is -2.11. The van der Waals surface area contributed by atoms with Crippen LogP contribution in [0.2, 0.25) is 0 Å². The second kappa shape index (κ2) is 6.60. The maximum Gasteiger partial charge on any atom is 0.226 e. The van der Waals surface area contributed by atoms with Gasteiger partial charge in [-0.15, -0.1) is 11.3 Å². The number of aryl methyl sites for hydroxylation is 2. The molecule has 5 heteroatoms. The molecule has 1 amide bonds. The molecule has 0 bridgehead atoms. The lowest BCUT2D eigenvalue weighted by molar-refractivity contribution is -0.116. The van der Waals surface area contributed by atoms with Crippen molar-refractivity contribution in [3.63, 3.8) is 0 Å². The second-order valence-corrected chi connectivity index (χ2v) is 4.87. The summed E-state index contributed by atoms with van der Waals surface area (Å²) in [6.07, 6.45) is 3.17. The van der Waals surface area contributed by atoms with Gasteiger partial charge in [0.05, 0.1) is 5.69 Å². The number of hydrogen-bond donors (Lipinski definition) is 2. The van der Waals surface area contributed by atoms with Gasteiger partial charge in [-0.25, -0.2) is 4.98 Å². The third-order valence-corrected chi connectivity index (χ3v) is 3.26. The van der Waals surface area contributed by atoms with Gasteiger partial charge in [0.1, 0.15) is 0 Å². The average Bonchev–Trinajstić information content (AvgIpc) is 2.59. The summed E-state index contributed by atoms with van der Waals surface area (Å²) in [5.74, 6) is 0.0323. The number of carbonyl (C=O) groups is 1. The van der Waals surface area contributed by atoms with Gasteiger partial charge in [0, 0.05) is 11.3 Å². The average molecular weight is 241 g/mol. The zero-order chi connectivity index (χ0) is 12.0. The van der Waals surface area contributed by atoms with E-state index in [0.717, 1.165) is 25.0 Å². The Kier molecular flexibility index (Phi) is 5.42. The topological polar surface area (TPSA) is 68.0 Å². The predicted molar refractivity (Wildman–Crippen MR) is 67.8 cm³/mol. The fourth-order valence-corrected chi connectivity index (χ4v) is 2.34. The van der Waals surface area contributed by atoms with Crippen LogP contribution in [-0.2, 0) is 11.2 Å². The first kappa shape index (κ1) is 13.1. The van der Waals surface area contributed by atoms with Crippen molar-refractivity contribution in [2.75, 3.05) is 11.9 Å². The van der Waals surface area contributed by atoms with Gasteiger partial charge in [0.15, 0.2) is 5.13 Å². The molecule has 1 aromatic rings. The monoisotopic (exact) mass is 241 g/mol. The van der Waals surface area contributed by atoms with E-state index in [1.54, 1.807) is 0 Å². The molecule has 90 valence electrons. The molecular formula is C11H19N3OS. The fourth-order valence-electron chi connectivity index (χ4n) is 1.42. The minimum atomic E-state index is 0.0323. The first-order valence-corrected chi connectivity index (χ1v) is 6.45. The number of hydrogen-bond acceptors (Lipinski definition) is 4. The smallest absolute Gasteiger partial charge is 0.226 e. The Morgan fingerprint density at radius 1 is 1.50 bits per heavy atom. The Morgan fingerprint density at radius 2 is 2.25 bits per heavy atom. The van der Waals surface area contributed by atoms with E-state index in [4.69, 9.17) is 5.73 Å². The van der Waals surface area contributed by atoms with E-state index in [0.29, 0.717) is 18.1 Å². The van der Waals surface area contributed by atoms with Gasteiger partial charge in [-0.2, -0.15) is 0 Å². The quantitative estimate of drug-likeness (QED) is 0.749. The zero-order valence-electron chi connectivity index (χ0n) is 9.88. The van der Waals surface area contributed by atoms with Gasteiger partial charge in [-0.1, -0.05) is 6.92 Å². The minimum absolute atomic E-state index is 0.0323. The summed E-state index contributed by atoms with van der Waals surface area (Å²) in [7, 11) is 0. The molecule has 0 atom stereocenters. The molecule has 4 nitrogen and oxygen atoms in total. The molecule has 0 aliphatic carbocycles. The van der Waals surface area contributed by atoms with Crippen molar-refractivity contribution >= 4 is 22.4 Å². The molecule has 1 heterocycles. The normalized spacial score (nSPS) is 10.4. The molecule has 0 unspecified atom stereocenters. The van der Waals surface area contributed by atoms with Crippen LogP contribution in [0.3, 0.4) is 0 Å². The van der Waals surface area contributed by atoms with Crippen LogP contribution in [0, 0.1) is 6.92 Å². The van der Waals surface area contributed by atoms with Crippen LogP contribution in [0.15, 0.2) is 0 Å². The lowest BCUT2D eigenvalue weighted by Gasteiger charge is -2.00. The number of unbranched alkanes of at least 4 members (excludes halogenated alkanes) is 1. The van der Waals surface area contributed by atoms with Crippen molar-refractivity contribution in [1.82, 2.24) is 4.98 Å². The molecule has 0 saturated carbocycles. The summed E-state index contributed by atoms with van der Waals surface area (Å²) in [5, 5.41) is 3.54. The van der Waals surface area contributed by atoms with E-state index in [9.17, 15) is 4.79 Å². The Balaban J connectivity index is 2.43. The number of carbonyl (C=O) groups excluding carboxylic acids is 1. The summed E-state index contributed by atoms with van der Waals surface area (Å²) in [4.78, 5) is 17.0. The number of amides is 1. The van der Waals surface area contributed by atoms with E-state index in [1.165, 1.54) is 16.2 Å². The maximum absolute atomic E-state index is 11.5. The van der Waals surface area contributed by atoms with Gasteiger partial charge < -0.3 is 11.1 Å². The standard InChI is InChI=1S/C11H19N3OS/c1-3-9-8(2)16-11(13-9)14-10(15)6-4-5-7-12/h3-7,12H2,1-2H3,(H,13,14,15). The van der Waals surface area contributed by atoms with Crippen LogP contribution in [-0.4, -0.2) is 17.4 Å². The Labute approximate surface area is 100 Å². The highest BCUT2D eigenvalue weighted by Crippen LogP contribution is 2.22. The van der Waals surface area contributed by atoms with Crippen LogP contribution in [0.4, 0.5) is 5.13 Å². The van der Waals surface area contributed by atoms with Gasteiger partial charge in [-0.3, -0.25) is 4.79 Å². The molecule has 1 rings (SSSR count). The predicted octanol–water partition coefficient (Wildman–Crippen LogP) is 2.08. The van der Waals surface area contributed by atoms with Gasteiger partial charge in [-0.05, 0) is 32.7 Å². The Bertz CT molecular complexity index is 349. The van der Waals surface area contributed by atoms with E-state index in [-0.39, 0.29) is 5.91 Å². The van der Waals surface area contributed by atoms with E-state index in [1.807, 2.05) is 6.92 Å². The highest BCUT2D eigenvalue weighted by atomic mass is 32.1. The first-order valence-electron chi connectivity index (χ1n) is 5.63. The number of nitrogens with zero attached hydrogens (tertiary/aromatic N) is 1. The minimum Gasteiger partial charge on any atom is -0.330 e. The molecule has 0 spiro atoms. The van der Waals surface area contributed by atoms with Crippen molar-refractivity contribution in [2.45, 2.75) is 39.5 Å². The molecule has 0 saturated heterocycles. The number of nitrogens with two attached hydrogens (primary N) is 1. The number of anilines is 1. The van der Waals surface area contributed by atoms with Crippen molar-refractivity contribution in [3.05, 3.63) is 10.6 Å². The summed E-state index contributed by atoms with van der Waals surface area (Å²) in [5.41, 5.74) is 6.44. The molecule has 0 radical (unpaired) electrons. The van der Waals surface area contributed by atoms with Gasteiger partial charge in [0.25, 0.3) is 0 Å². The van der Waals surface area contributed by atoms with Gasteiger partial charge in [0.2, 0.25) is 5.91 Å². The van der Waals surface area contributed by atoms with Crippen molar-refractivity contribution < 1.29 is 4.79 Å². The van der Waals surface area contributed by atoms with Gasteiger partial charge >= 0.3 is 0 Å². The molecule has 1 aromatic heterocycles. The highest BCUT2D eigenvalue weighted by Gasteiger charge is 2.08. The molecule has 0 aromatic carbocycles. The molecule has 3 N–H and O–H groups in total. The van der Waals surface area contributed by atoms with Crippen molar-refractivity contribution in [3.8, 4) is 0 Å². The fraction of sp³-hybridized carbons (Fsp3) is 0.636. The highest BCUT2D eigenvalue weighted by molar-refractivity contribution is 7.15. The number of aromatic nitrogens is 1. The number of thiazole rings is 1. The molecule has 0 aliphatic rings. The summed E-state index contributed by atoms with van der Waals surface area (Å²) in [6, 6.07) is 0. The second-order valence-electron chi connectivity index (χ2n) is 3.67. The third-order valence-electron chi connectivity index (χ3n) is 2.33. The molecule has 16 heavy (non-hydrogen) atoms. The van der Waals surface area contributed by atoms with Crippen LogP contribution < -0.4 is 11.1 Å². The summed E-state index contributed by atoms with van der Waals surface area (Å²) in [6.45, 7) is 4.74. The lowest BCUT2D eigenvalue weighted by atomic mass is 10.2. The zero-order valence-corrected chi connectivity index (χ0v) is 10.7. The van der Waals surface area contributed by atoms with E-state index < -0.39 is 0 Å². The number of rotatable bonds is 6. The number of nitrogens with one attached hydrogen (secondary N) is 1. The molecular weight excluding hydrogens is 222 g/mol. The SMILES string of the molecule is CCc1nc(NC(=O)CCCCN)sc1C. The summed E-state index contributed by atoms with van der Waals surface area (Å²) >= 11 is 1.54. The van der Waals surface area contributed by atoms with Crippen LogP contribution in [0.25, 0.3) is 0 Å².